The highest BCUT2D eigenvalue weighted by Crippen LogP contribution is 2.31. The smallest absolute Gasteiger partial charge is 0.360 e. The highest BCUT2D eigenvalue weighted by Gasteiger charge is 2.36. The molecular weight excluding hydrogens is 411 g/mol. The molecule has 2 aromatic rings. The van der Waals surface area contributed by atoms with E-state index in [9.17, 15) is 26.4 Å². The number of amides is 1. The molecule has 29 heavy (non-hydrogen) atoms. The Kier molecular flexibility index (Phi) is 5.72. The van der Waals surface area contributed by atoms with Crippen LogP contribution in [0.5, 0.6) is 0 Å². The predicted molar refractivity (Wildman–Crippen MR) is 97.5 cm³/mol. The monoisotopic (exact) mass is 431 g/mol. The van der Waals surface area contributed by atoms with Crippen LogP contribution in [-0.2, 0) is 21.0 Å². The van der Waals surface area contributed by atoms with Gasteiger partial charge in [-0.2, -0.15) is 17.5 Å². The summed E-state index contributed by atoms with van der Waals surface area (Å²) in [5.74, 6) is -0.886. The number of benzene rings is 1. The molecule has 2 heterocycles. The van der Waals surface area contributed by atoms with E-state index >= 15 is 0 Å². The first-order chi connectivity index (χ1) is 13.5. The minimum atomic E-state index is -4.46. The van der Waals surface area contributed by atoms with Crippen LogP contribution in [0.4, 0.5) is 18.9 Å². The lowest BCUT2D eigenvalue weighted by molar-refractivity contribution is -0.137. The third-order valence-electron chi connectivity index (χ3n) is 4.80. The highest BCUT2D eigenvalue weighted by atomic mass is 32.2. The zero-order chi connectivity index (χ0) is 21.4. The number of nitrogens with one attached hydrogen (secondary N) is 1. The Morgan fingerprint density at radius 3 is 2.45 bits per heavy atom. The van der Waals surface area contributed by atoms with Crippen LogP contribution >= 0.6 is 0 Å². The van der Waals surface area contributed by atoms with Gasteiger partial charge >= 0.3 is 6.18 Å². The second kappa shape index (κ2) is 7.79. The summed E-state index contributed by atoms with van der Waals surface area (Å²) in [7, 11) is -3.87. The number of carbonyl (C=O) groups excluding carboxylic acids is 1. The Morgan fingerprint density at radius 2 is 1.90 bits per heavy atom. The number of hydrogen-bond acceptors (Lipinski definition) is 5. The van der Waals surface area contributed by atoms with Gasteiger partial charge in [0, 0.05) is 18.8 Å². The molecule has 1 aliphatic rings. The fourth-order valence-corrected chi connectivity index (χ4v) is 5.15. The number of hydrogen-bond donors (Lipinski definition) is 1. The molecule has 1 aromatic carbocycles. The van der Waals surface area contributed by atoms with Gasteiger partial charge in [0.25, 0.3) is 0 Å². The average molecular weight is 431 g/mol. The van der Waals surface area contributed by atoms with E-state index in [2.05, 4.69) is 10.5 Å². The maximum absolute atomic E-state index is 12.9. The number of aryl methyl sites for hydroxylation is 2. The molecule has 1 atom stereocenters. The van der Waals surface area contributed by atoms with Crippen LogP contribution in [0, 0.1) is 19.8 Å². The Balaban J connectivity index is 1.71. The SMILES string of the molecule is Cc1noc(C)c1S(=O)(=O)N1CCCC(C(=O)Nc2ccc(C(F)(F)F)cc2)C1. The first-order valence-corrected chi connectivity index (χ1v) is 10.4. The summed E-state index contributed by atoms with van der Waals surface area (Å²) < 4.78 is 70.0. The number of halogens is 3. The first kappa shape index (κ1) is 21.3. The molecule has 1 aromatic heterocycles. The van der Waals surface area contributed by atoms with Gasteiger partial charge in [-0.1, -0.05) is 5.16 Å². The third kappa shape index (κ3) is 4.45. The van der Waals surface area contributed by atoms with Gasteiger partial charge in [-0.05, 0) is 51.0 Å². The standard InChI is InChI=1S/C18H20F3N3O4S/c1-11-16(12(2)28-23-11)29(26,27)24-9-3-4-13(10-24)17(25)22-15-7-5-14(6-8-15)18(19,20)21/h5-8,13H,3-4,9-10H2,1-2H3,(H,22,25). The van der Waals surface area contributed by atoms with Gasteiger partial charge in [-0.3, -0.25) is 4.79 Å². The van der Waals surface area contributed by atoms with E-state index in [1.807, 2.05) is 0 Å². The number of sulfonamides is 1. The highest BCUT2D eigenvalue weighted by molar-refractivity contribution is 7.89. The van der Waals surface area contributed by atoms with Gasteiger partial charge < -0.3 is 9.84 Å². The number of aromatic nitrogens is 1. The Bertz CT molecular complexity index is 981. The van der Waals surface area contributed by atoms with Gasteiger partial charge in [0.2, 0.25) is 15.9 Å². The van der Waals surface area contributed by atoms with Crippen LogP contribution < -0.4 is 5.32 Å². The van der Waals surface area contributed by atoms with E-state index in [1.165, 1.54) is 30.3 Å². The van der Waals surface area contributed by atoms with Crippen molar-refractivity contribution in [2.45, 2.75) is 37.8 Å². The number of carbonyl (C=O) groups is 1. The van der Waals surface area contributed by atoms with Gasteiger partial charge in [0.05, 0.1) is 11.5 Å². The molecule has 0 aliphatic carbocycles. The fraction of sp³-hybridized carbons (Fsp3) is 0.444. The summed E-state index contributed by atoms with van der Waals surface area (Å²) in [5, 5.41) is 6.23. The Morgan fingerprint density at radius 1 is 1.24 bits per heavy atom. The molecule has 1 N–H and O–H groups in total. The lowest BCUT2D eigenvalue weighted by Gasteiger charge is -2.31. The van der Waals surface area contributed by atoms with Crippen molar-refractivity contribution in [3.63, 3.8) is 0 Å². The minimum absolute atomic E-state index is 0.00120. The number of nitrogens with zero attached hydrogens (tertiary/aromatic N) is 2. The number of rotatable bonds is 4. The van der Waals surface area contributed by atoms with Crippen molar-refractivity contribution in [3.05, 3.63) is 41.3 Å². The maximum Gasteiger partial charge on any atom is 0.416 e. The Hall–Kier alpha value is -2.40. The predicted octanol–water partition coefficient (Wildman–Crippen LogP) is 3.35. The summed E-state index contributed by atoms with van der Waals surface area (Å²) in [6, 6.07) is 4.10. The summed E-state index contributed by atoms with van der Waals surface area (Å²) >= 11 is 0. The van der Waals surface area contributed by atoms with Gasteiger partial charge in [-0.15, -0.1) is 0 Å². The van der Waals surface area contributed by atoms with E-state index in [0.717, 1.165) is 12.1 Å². The normalized spacial score (nSPS) is 18.6. The van der Waals surface area contributed by atoms with Crippen LogP contribution in [0.15, 0.2) is 33.7 Å². The van der Waals surface area contributed by atoms with Gasteiger partial charge in [-0.25, -0.2) is 8.42 Å². The van der Waals surface area contributed by atoms with Crippen molar-refractivity contribution < 1.29 is 30.9 Å². The number of alkyl halides is 3. The summed E-state index contributed by atoms with van der Waals surface area (Å²) in [6.07, 6.45) is -3.51. The summed E-state index contributed by atoms with van der Waals surface area (Å²) in [5.41, 5.74) is -0.350. The van der Waals surface area contributed by atoms with E-state index in [0.29, 0.717) is 12.8 Å². The molecule has 7 nitrogen and oxygen atoms in total. The summed E-state index contributed by atoms with van der Waals surface area (Å²) in [6.45, 7) is 3.27. The van der Waals surface area contributed by atoms with E-state index < -0.39 is 33.6 Å². The van der Waals surface area contributed by atoms with Crippen LogP contribution in [0.1, 0.15) is 29.9 Å². The first-order valence-electron chi connectivity index (χ1n) is 8.91. The topological polar surface area (TPSA) is 92.5 Å². The Labute approximate surface area is 165 Å². The second-order valence-corrected chi connectivity index (χ2v) is 8.79. The molecule has 3 rings (SSSR count). The minimum Gasteiger partial charge on any atom is -0.360 e. The van der Waals surface area contributed by atoms with Crippen LogP contribution in [-0.4, -0.2) is 36.9 Å². The van der Waals surface area contributed by atoms with E-state index in [-0.39, 0.29) is 35.1 Å². The molecule has 1 amide bonds. The number of piperidine rings is 1. The molecule has 0 bridgehead atoms. The molecule has 0 radical (unpaired) electrons. The fourth-order valence-electron chi connectivity index (χ4n) is 3.33. The van der Waals surface area contributed by atoms with Gasteiger partial charge in [0.1, 0.15) is 10.6 Å². The molecule has 0 spiro atoms. The largest absolute Gasteiger partial charge is 0.416 e. The zero-order valence-electron chi connectivity index (χ0n) is 15.8. The average Bonchev–Trinajstić information content (AvgIpc) is 3.00. The van der Waals surface area contributed by atoms with Crippen molar-refractivity contribution in [2.75, 3.05) is 18.4 Å². The number of anilines is 1. The molecule has 1 fully saturated rings. The molecule has 1 saturated heterocycles. The summed E-state index contributed by atoms with van der Waals surface area (Å²) in [4.78, 5) is 12.6. The van der Waals surface area contributed by atoms with Crippen LogP contribution in [0.25, 0.3) is 0 Å². The lowest BCUT2D eigenvalue weighted by Crippen LogP contribution is -2.43. The lowest BCUT2D eigenvalue weighted by atomic mass is 9.98. The quantitative estimate of drug-likeness (QED) is 0.802. The third-order valence-corrected chi connectivity index (χ3v) is 6.91. The molecular formula is C18H20F3N3O4S. The maximum atomic E-state index is 12.9. The molecule has 11 heteroatoms. The van der Waals surface area contributed by atoms with E-state index in [1.54, 1.807) is 0 Å². The van der Waals surface area contributed by atoms with Crippen molar-refractivity contribution in [3.8, 4) is 0 Å². The molecule has 158 valence electrons. The second-order valence-electron chi connectivity index (χ2n) is 6.92. The van der Waals surface area contributed by atoms with E-state index in [4.69, 9.17) is 4.52 Å². The molecule has 1 unspecified atom stereocenters. The zero-order valence-corrected chi connectivity index (χ0v) is 16.6. The van der Waals surface area contributed by atoms with Crippen LogP contribution in [0.2, 0.25) is 0 Å². The van der Waals surface area contributed by atoms with Gasteiger partial charge in [0.15, 0.2) is 5.76 Å². The van der Waals surface area contributed by atoms with Crippen molar-refractivity contribution in [1.82, 2.24) is 9.46 Å². The van der Waals surface area contributed by atoms with Crippen molar-refractivity contribution in [1.29, 1.82) is 0 Å². The molecule has 0 saturated carbocycles. The van der Waals surface area contributed by atoms with Crippen molar-refractivity contribution in [2.24, 2.45) is 5.92 Å². The van der Waals surface area contributed by atoms with Crippen molar-refractivity contribution >= 4 is 21.6 Å². The van der Waals surface area contributed by atoms with Crippen LogP contribution in [0.3, 0.4) is 0 Å². The molecule has 1 aliphatic heterocycles.